The largest absolute Gasteiger partial charge is 0.370 e. The van der Waals surface area contributed by atoms with E-state index in [9.17, 15) is 0 Å². The first-order valence-electron chi connectivity index (χ1n) is 5.94. The van der Waals surface area contributed by atoms with E-state index >= 15 is 0 Å². The van der Waals surface area contributed by atoms with Gasteiger partial charge in [-0.25, -0.2) is 0 Å². The van der Waals surface area contributed by atoms with Gasteiger partial charge < -0.3 is 10.6 Å². The monoisotopic (exact) mass is 304 g/mol. The predicted octanol–water partition coefficient (Wildman–Crippen LogP) is 3.54. The minimum absolute atomic E-state index is 0.591. The summed E-state index contributed by atoms with van der Waals surface area (Å²) in [5, 5.41) is 0. The van der Waals surface area contributed by atoms with E-state index in [4.69, 9.17) is 5.73 Å². The Morgan fingerprint density at radius 1 is 1.06 bits per heavy atom. The molecule has 0 aliphatic heterocycles. The summed E-state index contributed by atoms with van der Waals surface area (Å²) in [6, 6.07) is 16.7. The molecule has 0 aliphatic rings. The zero-order chi connectivity index (χ0) is 13.0. The van der Waals surface area contributed by atoms with Gasteiger partial charge in [-0.05, 0) is 29.3 Å². The Kier molecular flexibility index (Phi) is 4.39. The second kappa shape index (κ2) is 6.03. The van der Waals surface area contributed by atoms with Gasteiger partial charge in [0.1, 0.15) is 0 Å². The molecule has 2 aromatic rings. The highest BCUT2D eigenvalue weighted by Gasteiger charge is 2.04. The molecule has 0 unspecified atom stereocenters. The zero-order valence-corrected chi connectivity index (χ0v) is 12.0. The maximum absolute atomic E-state index is 5.60. The van der Waals surface area contributed by atoms with Crippen molar-refractivity contribution < 1.29 is 0 Å². The molecule has 0 heterocycles. The lowest BCUT2D eigenvalue weighted by atomic mass is 10.1. The van der Waals surface area contributed by atoms with E-state index in [0.717, 1.165) is 16.6 Å². The van der Waals surface area contributed by atoms with Crippen molar-refractivity contribution in [2.75, 3.05) is 11.9 Å². The third-order valence-electron chi connectivity index (χ3n) is 2.98. The molecule has 0 saturated heterocycles. The van der Waals surface area contributed by atoms with E-state index in [-0.39, 0.29) is 0 Å². The predicted molar refractivity (Wildman–Crippen MR) is 80.6 cm³/mol. The third kappa shape index (κ3) is 3.12. The van der Waals surface area contributed by atoms with Gasteiger partial charge in [0, 0.05) is 30.3 Å². The summed E-state index contributed by atoms with van der Waals surface area (Å²) in [5.74, 6) is 0. The number of hydrogen-bond acceptors (Lipinski definition) is 2. The molecule has 0 aliphatic carbocycles. The first kappa shape index (κ1) is 13.1. The molecule has 0 atom stereocenters. The molecule has 2 aromatic carbocycles. The first-order chi connectivity index (χ1) is 8.70. The number of anilines is 1. The van der Waals surface area contributed by atoms with Crippen molar-refractivity contribution in [3.8, 4) is 0 Å². The number of hydrogen-bond donors (Lipinski definition) is 1. The molecule has 0 spiro atoms. The Balaban J connectivity index is 2.11. The van der Waals surface area contributed by atoms with Crippen molar-refractivity contribution in [2.45, 2.75) is 13.1 Å². The van der Waals surface area contributed by atoms with Crippen molar-refractivity contribution in [3.63, 3.8) is 0 Å². The van der Waals surface area contributed by atoms with E-state index in [0.29, 0.717) is 6.54 Å². The fourth-order valence-corrected chi connectivity index (χ4v) is 2.27. The van der Waals surface area contributed by atoms with E-state index in [1.54, 1.807) is 0 Å². The van der Waals surface area contributed by atoms with Crippen LogP contribution in [0, 0.1) is 0 Å². The van der Waals surface area contributed by atoms with Crippen LogP contribution in [0.2, 0.25) is 0 Å². The van der Waals surface area contributed by atoms with Gasteiger partial charge in [0.05, 0.1) is 0 Å². The van der Waals surface area contributed by atoms with Crippen LogP contribution in [0.3, 0.4) is 0 Å². The number of nitrogens with zero attached hydrogens (tertiary/aromatic N) is 1. The summed E-state index contributed by atoms with van der Waals surface area (Å²) in [5.41, 5.74) is 9.24. The molecular formula is C15H17BrN2. The molecular weight excluding hydrogens is 288 g/mol. The third-order valence-corrected chi connectivity index (χ3v) is 3.75. The molecule has 0 amide bonds. The fourth-order valence-electron chi connectivity index (χ4n) is 1.86. The van der Waals surface area contributed by atoms with Crippen LogP contribution >= 0.6 is 15.9 Å². The molecule has 94 valence electrons. The Labute approximate surface area is 117 Å². The van der Waals surface area contributed by atoms with Crippen LogP contribution in [-0.2, 0) is 13.1 Å². The van der Waals surface area contributed by atoms with Crippen LogP contribution in [0.25, 0.3) is 0 Å². The summed E-state index contributed by atoms with van der Waals surface area (Å²) in [6.07, 6.45) is 0. The van der Waals surface area contributed by atoms with E-state index in [1.807, 2.05) is 6.07 Å². The van der Waals surface area contributed by atoms with Crippen LogP contribution in [0.5, 0.6) is 0 Å². The van der Waals surface area contributed by atoms with E-state index < -0.39 is 0 Å². The van der Waals surface area contributed by atoms with Gasteiger partial charge in [-0.1, -0.05) is 46.3 Å². The summed E-state index contributed by atoms with van der Waals surface area (Å²) in [7, 11) is 2.09. The summed E-state index contributed by atoms with van der Waals surface area (Å²) < 4.78 is 1.15. The zero-order valence-electron chi connectivity index (χ0n) is 10.4. The molecule has 0 saturated carbocycles. The quantitative estimate of drug-likeness (QED) is 0.936. The lowest BCUT2D eigenvalue weighted by molar-refractivity contribution is 0.917. The molecule has 3 heteroatoms. The maximum atomic E-state index is 5.60. The Morgan fingerprint density at radius 3 is 2.33 bits per heavy atom. The minimum atomic E-state index is 0.591. The highest BCUT2D eigenvalue weighted by atomic mass is 79.9. The average Bonchev–Trinajstić information content (AvgIpc) is 2.41. The average molecular weight is 305 g/mol. The standard InChI is InChI=1S/C15H17BrN2/c1-18(11-13-4-2-3-5-15(13)16)14-8-6-12(10-17)7-9-14/h2-9H,10-11,17H2,1H3. The van der Waals surface area contributed by atoms with Crippen molar-refractivity contribution in [3.05, 3.63) is 64.1 Å². The SMILES string of the molecule is CN(Cc1ccccc1Br)c1ccc(CN)cc1. The highest BCUT2D eigenvalue weighted by Crippen LogP contribution is 2.21. The van der Waals surface area contributed by atoms with Crippen molar-refractivity contribution in [2.24, 2.45) is 5.73 Å². The second-order valence-electron chi connectivity index (χ2n) is 4.32. The number of rotatable bonds is 4. The number of halogens is 1. The van der Waals surface area contributed by atoms with Crippen LogP contribution in [0.4, 0.5) is 5.69 Å². The van der Waals surface area contributed by atoms with Gasteiger partial charge >= 0.3 is 0 Å². The van der Waals surface area contributed by atoms with Gasteiger partial charge in [-0.2, -0.15) is 0 Å². The van der Waals surface area contributed by atoms with Gasteiger partial charge in [0.15, 0.2) is 0 Å². The van der Waals surface area contributed by atoms with Crippen LogP contribution in [-0.4, -0.2) is 7.05 Å². The van der Waals surface area contributed by atoms with Crippen molar-refractivity contribution in [1.29, 1.82) is 0 Å². The Bertz CT molecular complexity index is 508. The first-order valence-corrected chi connectivity index (χ1v) is 6.73. The molecule has 0 fully saturated rings. The lowest BCUT2D eigenvalue weighted by Gasteiger charge is -2.20. The van der Waals surface area contributed by atoms with E-state index in [1.165, 1.54) is 11.3 Å². The molecule has 0 radical (unpaired) electrons. The minimum Gasteiger partial charge on any atom is -0.370 e. The molecule has 2 rings (SSSR count). The fraction of sp³-hybridized carbons (Fsp3) is 0.200. The lowest BCUT2D eigenvalue weighted by Crippen LogP contribution is -2.16. The normalized spacial score (nSPS) is 10.4. The van der Waals surface area contributed by atoms with Crippen molar-refractivity contribution in [1.82, 2.24) is 0 Å². The maximum Gasteiger partial charge on any atom is 0.0437 e. The van der Waals surface area contributed by atoms with Gasteiger partial charge in [-0.15, -0.1) is 0 Å². The molecule has 2 nitrogen and oxygen atoms in total. The number of benzene rings is 2. The second-order valence-corrected chi connectivity index (χ2v) is 5.17. The topological polar surface area (TPSA) is 29.3 Å². The van der Waals surface area contributed by atoms with Gasteiger partial charge in [-0.3, -0.25) is 0 Å². The highest BCUT2D eigenvalue weighted by molar-refractivity contribution is 9.10. The van der Waals surface area contributed by atoms with Crippen LogP contribution in [0.1, 0.15) is 11.1 Å². The molecule has 18 heavy (non-hydrogen) atoms. The summed E-state index contributed by atoms with van der Waals surface area (Å²) in [4.78, 5) is 2.22. The summed E-state index contributed by atoms with van der Waals surface area (Å²) >= 11 is 3.58. The van der Waals surface area contributed by atoms with E-state index in [2.05, 4.69) is 70.3 Å². The molecule has 0 bridgehead atoms. The van der Waals surface area contributed by atoms with Crippen molar-refractivity contribution >= 4 is 21.6 Å². The molecule has 0 aromatic heterocycles. The van der Waals surface area contributed by atoms with Gasteiger partial charge in [0.25, 0.3) is 0 Å². The van der Waals surface area contributed by atoms with Crippen LogP contribution in [0.15, 0.2) is 53.0 Å². The molecule has 2 N–H and O–H groups in total. The summed E-state index contributed by atoms with van der Waals surface area (Å²) in [6.45, 7) is 1.47. The Hall–Kier alpha value is -1.32. The van der Waals surface area contributed by atoms with Crippen LogP contribution < -0.4 is 10.6 Å². The van der Waals surface area contributed by atoms with Gasteiger partial charge in [0.2, 0.25) is 0 Å². The Morgan fingerprint density at radius 2 is 1.72 bits per heavy atom. The number of nitrogens with two attached hydrogens (primary N) is 1. The smallest absolute Gasteiger partial charge is 0.0437 e.